The second kappa shape index (κ2) is 7.65. The van der Waals surface area contributed by atoms with Gasteiger partial charge < -0.3 is 10.0 Å². The highest BCUT2D eigenvalue weighted by atomic mass is 16.4. The van der Waals surface area contributed by atoms with Gasteiger partial charge in [-0.2, -0.15) is 10.2 Å². The van der Waals surface area contributed by atoms with Crippen molar-refractivity contribution in [1.82, 2.24) is 24.5 Å². The maximum Gasteiger partial charge on any atom is 0.306 e. The van der Waals surface area contributed by atoms with E-state index in [4.69, 9.17) is 10.1 Å². The summed E-state index contributed by atoms with van der Waals surface area (Å²) in [6.07, 6.45) is 5.56. The second-order valence-corrected chi connectivity index (χ2v) is 10.1. The first-order chi connectivity index (χ1) is 17.5. The Kier molecular flexibility index (Phi) is 4.49. The number of nitrogens with zero attached hydrogens (tertiary/aromatic N) is 6. The number of carbonyl (C=O) groups is 1. The quantitative estimate of drug-likeness (QED) is 0.407. The summed E-state index contributed by atoms with van der Waals surface area (Å²) in [7, 11) is 1.94. The number of aliphatic carboxylic acids is 1. The molecule has 2 aliphatic rings. The van der Waals surface area contributed by atoms with Crippen LogP contribution < -0.4 is 4.90 Å². The van der Waals surface area contributed by atoms with Gasteiger partial charge in [0.15, 0.2) is 0 Å². The predicted molar refractivity (Wildman–Crippen MR) is 138 cm³/mol. The number of rotatable bonds is 4. The molecule has 2 fully saturated rings. The van der Waals surface area contributed by atoms with Crippen molar-refractivity contribution < 1.29 is 9.90 Å². The summed E-state index contributed by atoms with van der Waals surface area (Å²) in [5.41, 5.74) is 6.03. The van der Waals surface area contributed by atoms with E-state index in [-0.39, 0.29) is 17.9 Å². The lowest BCUT2D eigenvalue weighted by molar-refractivity contribution is -0.143. The predicted octanol–water partition coefficient (Wildman–Crippen LogP) is 4.58. The summed E-state index contributed by atoms with van der Waals surface area (Å²) < 4.78 is 3.83. The number of para-hydroxylation sites is 1. The number of aryl methyl sites for hydroxylation is 2. The molecule has 0 spiro atoms. The molecule has 2 bridgehead atoms. The maximum atomic E-state index is 11.5. The molecule has 5 aromatic rings. The monoisotopic (exact) mass is 478 g/mol. The van der Waals surface area contributed by atoms with Gasteiger partial charge in [0, 0.05) is 42.2 Å². The van der Waals surface area contributed by atoms with Crippen LogP contribution in [0.25, 0.3) is 38.8 Å². The number of pyridine rings is 1. The lowest BCUT2D eigenvalue weighted by atomic mass is 9.95. The molecule has 1 saturated carbocycles. The van der Waals surface area contributed by atoms with Crippen molar-refractivity contribution in [2.75, 3.05) is 11.4 Å². The van der Waals surface area contributed by atoms with Crippen molar-refractivity contribution in [3.63, 3.8) is 0 Å². The number of hydrogen-bond donors (Lipinski definition) is 1. The van der Waals surface area contributed by atoms with Crippen LogP contribution in [-0.4, -0.2) is 48.2 Å². The molecule has 0 amide bonds. The number of benzene rings is 2. The average molecular weight is 479 g/mol. The van der Waals surface area contributed by atoms with Gasteiger partial charge in [0.05, 0.1) is 28.8 Å². The highest BCUT2D eigenvalue weighted by molar-refractivity contribution is 6.03. The number of aromatic nitrogens is 5. The van der Waals surface area contributed by atoms with E-state index in [0.29, 0.717) is 6.42 Å². The number of anilines is 1. The Balaban J connectivity index is 1.30. The van der Waals surface area contributed by atoms with Gasteiger partial charge in [-0.05, 0) is 49.4 Å². The topological polar surface area (TPSA) is 89.1 Å². The van der Waals surface area contributed by atoms with Crippen molar-refractivity contribution in [3.05, 3.63) is 66.5 Å². The van der Waals surface area contributed by atoms with Crippen molar-refractivity contribution in [1.29, 1.82) is 0 Å². The van der Waals surface area contributed by atoms with Crippen LogP contribution in [0.5, 0.6) is 0 Å². The van der Waals surface area contributed by atoms with Gasteiger partial charge in [0.1, 0.15) is 11.5 Å². The molecule has 2 aromatic carbocycles. The molecule has 0 radical (unpaired) electrons. The molecule has 1 aliphatic heterocycles. The minimum Gasteiger partial charge on any atom is -0.481 e. The molecule has 8 heteroatoms. The van der Waals surface area contributed by atoms with E-state index in [1.807, 2.05) is 47.0 Å². The smallest absolute Gasteiger partial charge is 0.306 e. The van der Waals surface area contributed by atoms with Crippen molar-refractivity contribution in [2.24, 2.45) is 18.9 Å². The fraction of sp³-hybridized carbons (Fsp3) is 0.286. The molecular formula is C28H26N6O2. The Bertz CT molecular complexity index is 1650. The Morgan fingerprint density at radius 2 is 1.89 bits per heavy atom. The van der Waals surface area contributed by atoms with E-state index in [0.717, 1.165) is 63.1 Å². The van der Waals surface area contributed by atoms with Crippen LogP contribution in [0.3, 0.4) is 0 Å². The molecule has 7 rings (SSSR count). The molecule has 180 valence electrons. The molecule has 36 heavy (non-hydrogen) atoms. The summed E-state index contributed by atoms with van der Waals surface area (Å²) in [6, 6.07) is 16.8. The zero-order chi connectivity index (χ0) is 24.6. The molecule has 1 N–H and O–H groups in total. The van der Waals surface area contributed by atoms with Gasteiger partial charge >= 0.3 is 5.97 Å². The lowest BCUT2D eigenvalue weighted by Crippen LogP contribution is -2.38. The Labute approximate surface area is 207 Å². The largest absolute Gasteiger partial charge is 0.481 e. The summed E-state index contributed by atoms with van der Waals surface area (Å²) in [5, 5.41) is 21.3. The zero-order valence-corrected chi connectivity index (χ0v) is 20.2. The van der Waals surface area contributed by atoms with Crippen LogP contribution in [0, 0.1) is 18.8 Å². The lowest BCUT2D eigenvalue weighted by Gasteiger charge is -2.30. The van der Waals surface area contributed by atoms with E-state index in [2.05, 4.69) is 47.3 Å². The molecule has 3 atom stereocenters. The molecule has 1 saturated heterocycles. The van der Waals surface area contributed by atoms with Crippen LogP contribution in [-0.2, 0) is 11.8 Å². The Morgan fingerprint density at radius 3 is 2.64 bits per heavy atom. The van der Waals surface area contributed by atoms with Crippen molar-refractivity contribution >= 4 is 33.6 Å². The molecule has 3 aromatic heterocycles. The summed E-state index contributed by atoms with van der Waals surface area (Å²) >= 11 is 0. The SMILES string of the molecule is Cc1cccc2c(-c3cccc4nn(C)cc34)nn(-c3ccc(N4C[C@H]5C[C@@H]4C[C@@H]5C(=O)O)nc3)c12. The van der Waals surface area contributed by atoms with E-state index < -0.39 is 5.97 Å². The Morgan fingerprint density at radius 1 is 1.03 bits per heavy atom. The number of hydrogen-bond acceptors (Lipinski definition) is 5. The summed E-state index contributed by atoms with van der Waals surface area (Å²) in [4.78, 5) is 18.6. The maximum absolute atomic E-state index is 11.5. The number of carboxylic acid groups (broad SMARTS) is 1. The third-order valence-corrected chi connectivity index (χ3v) is 7.95. The molecule has 8 nitrogen and oxygen atoms in total. The van der Waals surface area contributed by atoms with Gasteiger partial charge in [-0.15, -0.1) is 0 Å². The van der Waals surface area contributed by atoms with Crippen LogP contribution in [0.2, 0.25) is 0 Å². The molecule has 0 unspecified atom stereocenters. The van der Waals surface area contributed by atoms with E-state index in [1.54, 1.807) is 0 Å². The Hall–Kier alpha value is -4.20. The van der Waals surface area contributed by atoms with Gasteiger partial charge in [-0.1, -0.05) is 30.3 Å². The van der Waals surface area contributed by atoms with Crippen LogP contribution in [0.1, 0.15) is 18.4 Å². The first-order valence-electron chi connectivity index (χ1n) is 12.3. The highest BCUT2D eigenvalue weighted by Gasteiger charge is 2.48. The zero-order valence-electron chi connectivity index (χ0n) is 20.2. The van der Waals surface area contributed by atoms with Crippen molar-refractivity contribution in [2.45, 2.75) is 25.8 Å². The molecular weight excluding hydrogens is 452 g/mol. The minimum atomic E-state index is -0.663. The van der Waals surface area contributed by atoms with Crippen LogP contribution in [0.15, 0.2) is 60.9 Å². The average Bonchev–Trinajstić information content (AvgIpc) is 3.65. The number of carboxylic acids is 1. The standard InChI is InChI=1S/C28H26N6O2/c1-16-5-3-7-21-26(20-6-4-8-24-23(20)15-32(2)30-24)31-34(27(16)21)18-9-10-25(29-13-18)33-14-17-11-19(33)12-22(17)28(35)36/h3-10,13,15,17,19,22H,11-12,14H2,1-2H3,(H,35,36)/t17-,19-,22+/m1/s1. The van der Waals surface area contributed by atoms with Gasteiger partial charge in [0.25, 0.3) is 0 Å². The van der Waals surface area contributed by atoms with Gasteiger partial charge in [-0.3, -0.25) is 9.48 Å². The number of piperidine rings is 1. The van der Waals surface area contributed by atoms with E-state index in [1.165, 1.54) is 0 Å². The van der Waals surface area contributed by atoms with Gasteiger partial charge in [0.2, 0.25) is 0 Å². The minimum absolute atomic E-state index is 0.212. The van der Waals surface area contributed by atoms with Crippen LogP contribution >= 0.6 is 0 Å². The summed E-state index contributed by atoms with van der Waals surface area (Å²) in [6.45, 7) is 2.87. The fourth-order valence-corrected chi connectivity index (χ4v) is 6.30. The third-order valence-electron chi connectivity index (χ3n) is 7.95. The number of fused-ring (bicyclic) bond motifs is 4. The normalized spacial score (nSPS) is 21.2. The second-order valence-electron chi connectivity index (χ2n) is 10.1. The molecule has 4 heterocycles. The first-order valence-corrected chi connectivity index (χ1v) is 12.3. The molecule has 1 aliphatic carbocycles. The summed E-state index contributed by atoms with van der Waals surface area (Å²) in [5.74, 6) is 0.240. The van der Waals surface area contributed by atoms with E-state index in [9.17, 15) is 9.90 Å². The van der Waals surface area contributed by atoms with Crippen molar-refractivity contribution in [3.8, 4) is 16.9 Å². The highest BCUT2D eigenvalue weighted by Crippen LogP contribution is 2.44. The fourth-order valence-electron chi connectivity index (χ4n) is 6.30. The van der Waals surface area contributed by atoms with Crippen LogP contribution in [0.4, 0.5) is 5.82 Å². The van der Waals surface area contributed by atoms with Gasteiger partial charge in [-0.25, -0.2) is 9.67 Å². The third kappa shape index (κ3) is 3.07. The first kappa shape index (κ1) is 21.1. The van der Waals surface area contributed by atoms with E-state index >= 15 is 0 Å².